The van der Waals surface area contributed by atoms with Crippen molar-refractivity contribution in [3.05, 3.63) is 18.0 Å². The molecule has 1 aromatic rings. The molecule has 8 heteroatoms. The second-order valence-electron chi connectivity index (χ2n) is 5.39. The van der Waals surface area contributed by atoms with Crippen molar-refractivity contribution in [3.63, 3.8) is 0 Å². The first-order valence-electron chi connectivity index (χ1n) is 7.01. The summed E-state index contributed by atoms with van der Waals surface area (Å²) in [6.07, 6.45) is 6.75. The average molecular weight is 295 g/mol. The first kappa shape index (κ1) is 15.3. The van der Waals surface area contributed by atoms with Crippen LogP contribution in [-0.2, 0) is 11.8 Å². The lowest BCUT2D eigenvalue weighted by atomic mass is 9.91. The number of hydrogen-bond acceptors (Lipinski definition) is 4. The molecular weight excluding hydrogens is 274 g/mol. The van der Waals surface area contributed by atoms with Crippen LogP contribution in [0.3, 0.4) is 0 Å². The smallest absolute Gasteiger partial charge is 0.331 e. The van der Waals surface area contributed by atoms with Crippen molar-refractivity contribution < 1.29 is 14.7 Å². The summed E-state index contributed by atoms with van der Waals surface area (Å²) in [4.78, 5) is 23.3. The summed E-state index contributed by atoms with van der Waals surface area (Å²) in [5.74, 6) is -1.13. The van der Waals surface area contributed by atoms with E-state index >= 15 is 0 Å². The van der Waals surface area contributed by atoms with E-state index in [0.717, 1.165) is 25.7 Å². The van der Waals surface area contributed by atoms with Crippen molar-refractivity contribution in [3.8, 4) is 0 Å². The number of carboxylic acids is 1. The first-order valence-corrected chi connectivity index (χ1v) is 7.01. The zero-order chi connectivity index (χ0) is 15.4. The largest absolute Gasteiger partial charge is 0.479 e. The first-order chi connectivity index (χ1) is 9.97. The van der Waals surface area contributed by atoms with Gasteiger partial charge in [-0.2, -0.15) is 5.10 Å². The quantitative estimate of drug-likeness (QED) is 0.628. The van der Waals surface area contributed by atoms with Crippen LogP contribution in [0.25, 0.3) is 0 Å². The molecule has 0 saturated heterocycles. The highest BCUT2D eigenvalue weighted by Crippen LogP contribution is 2.17. The van der Waals surface area contributed by atoms with E-state index in [1.807, 2.05) is 0 Å². The Morgan fingerprint density at radius 3 is 2.76 bits per heavy atom. The van der Waals surface area contributed by atoms with Crippen molar-refractivity contribution in [1.29, 1.82) is 0 Å². The van der Waals surface area contributed by atoms with Gasteiger partial charge < -0.3 is 21.5 Å². The lowest BCUT2D eigenvalue weighted by molar-refractivity contribution is -0.139. The number of aliphatic carboxylic acids is 1. The number of aryl methyl sites for hydroxylation is 1. The fraction of sp³-hybridized carbons (Fsp3) is 0.615. The van der Waals surface area contributed by atoms with E-state index in [-0.39, 0.29) is 12.1 Å². The van der Waals surface area contributed by atoms with Gasteiger partial charge in [-0.3, -0.25) is 4.68 Å². The van der Waals surface area contributed by atoms with Crippen molar-refractivity contribution in [2.45, 2.75) is 43.8 Å². The zero-order valence-corrected chi connectivity index (χ0v) is 12.0. The Balaban J connectivity index is 1.97. The molecule has 2 rings (SSSR count). The number of aromatic nitrogens is 2. The number of nitrogens with two attached hydrogens (primary N) is 1. The number of amides is 2. The fourth-order valence-electron chi connectivity index (χ4n) is 2.56. The molecule has 1 aliphatic carbocycles. The Bertz CT molecular complexity index is 516. The number of carbonyl (C=O) groups excluding carboxylic acids is 1. The minimum Gasteiger partial charge on any atom is -0.479 e. The number of carbonyl (C=O) groups is 2. The van der Waals surface area contributed by atoms with Crippen molar-refractivity contribution in [2.75, 3.05) is 0 Å². The van der Waals surface area contributed by atoms with Crippen LogP contribution in [0.1, 0.15) is 37.3 Å². The summed E-state index contributed by atoms with van der Waals surface area (Å²) < 4.78 is 1.49. The lowest BCUT2D eigenvalue weighted by Crippen LogP contribution is -2.53. The third kappa shape index (κ3) is 3.94. The van der Waals surface area contributed by atoms with E-state index < -0.39 is 18.0 Å². The summed E-state index contributed by atoms with van der Waals surface area (Å²) >= 11 is 0. The summed E-state index contributed by atoms with van der Waals surface area (Å²) in [6.45, 7) is 0. The van der Waals surface area contributed by atoms with Crippen LogP contribution in [0.2, 0.25) is 0 Å². The molecule has 1 saturated carbocycles. The Labute approximate surface area is 122 Å². The molecule has 21 heavy (non-hydrogen) atoms. The van der Waals surface area contributed by atoms with Gasteiger partial charge in [-0.1, -0.05) is 12.8 Å². The maximum atomic E-state index is 12.0. The van der Waals surface area contributed by atoms with Crippen LogP contribution in [0.4, 0.5) is 4.79 Å². The molecule has 1 heterocycles. The maximum Gasteiger partial charge on any atom is 0.331 e. The minimum atomic E-state index is -1.13. The van der Waals surface area contributed by atoms with E-state index in [1.54, 1.807) is 13.2 Å². The fourth-order valence-corrected chi connectivity index (χ4v) is 2.56. The monoisotopic (exact) mass is 295 g/mol. The molecule has 0 spiro atoms. The van der Waals surface area contributed by atoms with Gasteiger partial charge in [0.1, 0.15) is 0 Å². The van der Waals surface area contributed by atoms with Crippen molar-refractivity contribution in [1.82, 2.24) is 20.4 Å². The summed E-state index contributed by atoms with van der Waals surface area (Å²) in [5, 5.41) is 18.4. The second kappa shape index (κ2) is 6.57. The van der Waals surface area contributed by atoms with E-state index in [2.05, 4.69) is 15.7 Å². The van der Waals surface area contributed by atoms with Crippen LogP contribution in [-0.4, -0.2) is 39.0 Å². The Hall–Kier alpha value is -2.09. The number of rotatable bonds is 4. The second-order valence-corrected chi connectivity index (χ2v) is 5.39. The Kier molecular flexibility index (Phi) is 4.79. The molecule has 2 amide bonds. The number of hydrogen-bond donors (Lipinski definition) is 4. The van der Waals surface area contributed by atoms with Gasteiger partial charge in [0, 0.05) is 30.9 Å². The number of nitrogens with zero attached hydrogens (tertiary/aromatic N) is 2. The minimum absolute atomic E-state index is 0.0776. The predicted molar refractivity (Wildman–Crippen MR) is 75.5 cm³/mol. The van der Waals surface area contributed by atoms with Gasteiger partial charge in [-0.05, 0) is 12.8 Å². The highest BCUT2D eigenvalue weighted by molar-refractivity contribution is 5.83. The number of urea groups is 1. The lowest BCUT2D eigenvalue weighted by Gasteiger charge is -2.29. The number of carboxylic acid groups (broad SMARTS) is 1. The summed E-state index contributed by atoms with van der Waals surface area (Å²) in [6, 6.07) is -1.83. The van der Waals surface area contributed by atoms with Gasteiger partial charge in [-0.25, -0.2) is 9.59 Å². The molecule has 0 radical (unpaired) electrons. The zero-order valence-electron chi connectivity index (χ0n) is 12.0. The van der Waals surface area contributed by atoms with Gasteiger partial charge >= 0.3 is 12.0 Å². The van der Waals surface area contributed by atoms with E-state index in [0.29, 0.717) is 5.56 Å². The third-order valence-corrected chi connectivity index (χ3v) is 3.72. The van der Waals surface area contributed by atoms with Crippen LogP contribution in [0.15, 0.2) is 12.4 Å². The molecule has 0 aliphatic heterocycles. The Morgan fingerprint density at radius 1 is 1.48 bits per heavy atom. The molecule has 1 aliphatic rings. The standard InChI is InChI=1S/C13H21N5O3/c1-18-7-8(6-15-18)11(12(19)20)17-13(21)16-10-5-3-2-4-9(10)14/h6-7,9-11H,2-5,14H2,1H3,(H,19,20)(H2,16,17,21). The normalized spacial score (nSPS) is 23.3. The molecule has 116 valence electrons. The van der Waals surface area contributed by atoms with Crippen LogP contribution >= 0.6 is 0 Å². The Morgan fingerprint density at radius 2 is 2.19 bits per heavy atom. The predicted octanol–water partition coefficient (Wildman–Crippen LogP) is 0.115. The highest BCUT2D eigenvalue weighted by Gasteiger charge is 2.27. The molecule has 1 aromatic heterocycles. The molecule has 5 N–H and O–H groups in total. The van der Waals surface area contributed by atoms with Crippen LogP contribution in [0.5, 0.6) is 0 Å². The van der Waals surface area contributed by atoms with Gasteiger partial charge in [0.25, 0.3) is 0 Å². The molecule has 1 fully saturated rings. The molecule has 8 nitrogen and oxygen atoms in total. The molecule has 3 atom stereocenters. The number of nitrogens with one attached hydrogen (secondary N) is 2. The van der Waals surface area contributed by atoms with E-state index in [4.69, 9.17) is 5.73 Å². The molecule has 0 bridgehead atoms. The van der Waals surface area contributed by atoms with Gasteiger partial charge in [0.05, 0.1) is 6.20 Å². The van der Waals surface area contributed by atoms with Gasteiger partial charge in [-0.15, -0.1) is 0 Å². The van der Waals surface area contributed by atoms with E-state index in [9.17, 15) is 14.7 Å². The molecule has 0 aromatic carbocycles. The highest BCUT2D eigenvalue weighted by atomic mass is 16.4. The third-order valence-electron chi connectivity index (χ3n) is 3.72. The van der Waals surface area contributed by atoms with Gasteiger partial charge in [0.15, 0.2) is 6.04 Å². The molecular formula is C13H21N5O3. The van der Waals surface area contributed by atoms with Gasteiger partial charge in [0.2, 0.25) is 0 Å². The topological polar surface area (TPSA) is 122 Å². The van der Waals surface area contributed by atoms with Crippen molar-refractivity contribution >= 4 is 12.0 Å². The summed E-state index contributed by atoms with van der Waals surface area (Å²) in [5.41, 5.74) is 6.38. The maximum absolute atomic E-state index is 12.0. The van der Waals surface area contributed by atoms with Crippen LogP contribution in [0, 0.1) is 0 Å². The molecule has 3 unspecified atom stereocenters. The van der Waals surface area contributed by atoms with Crippen LogP contribution < -0.4 is 16.4 Å². The van der Waals surface area contributed by atoms with Crippen molar-refractivity contribution in [2.24, 2.45) is 12.8 Å². The SMILES string of the molecule is Cn1cc(C(NC(=O)NC2CCCCC2N)C(=O)O)cn1. The summed E-state index contributed by atoms with van der Waals surface area (Å²) in [7, 11) is 1.68. The van der Waals surface area contributed by atoms with E-state index in [1.165, 1.54) is 10.9 Å². The average Bonchev–Trinajstić information content (AvgIpc) is 2.85.